The van der Waals surface area contributed by atoms with Crippen molar-refractivity contribution in [2.75, 3.05) is 5.32 Å². The molecule has 1 aromatic heterocycles. The Kier molecular flexibility index (Phi) is 2.49. The molecule has 1 heterocycles. The zero-order chi connectivity index (χ0) is 10.7. The third-order valence-electron chi connectivity index (χ3n) is 1.88. The van der Waals surface area contributed by atoms with Crippen LogP contribution in [0.1, 0.15) is 0 Å². The van der Waals surface area contributed by atoms with Gasteiger partial charge in [-0.2, -0.15) is 4.39 Å². The lowest BCUT2D eigenvalue weighted by Crippen LogP contribution is -1.91. The third kappa shape index (κ3) is 2.43. The molecule has 0 aliphatic rings. The largest absolute Gasteiger partial charge is 0.508 e. The van der Waals surface area contributed by atoms with Gasteiger partial charge in [0.1, 0.15) is 5.75 Å². The van der Waals surface area contributed by atoms with Crippen LogP contribution >= 0.6 is 0 Å². The van der Waals surface area contributed by atoms with E-state index in [0.717, 1.165) is 5.69 Å². The summed E-state index contributed by atoms with van der Waals surface area (Å²) in [5.74, 6) is -0.333. The molecule has 15 heavy (non-hydrogen) atoms. The van der Waals surface area contributed by atoms with E-state index < -0.39 is 5.95 Å². The molecule has 4 heteroatoms. The minimum atomic E-state index is -0.529. The van der Waals surface area contributed by atoms with E-state index in [4.69, 9.17) is 5.11 Å². The van der Waals surface area contributed by atoms with Crippen LogP contribution < -0.4 is 5.32 Å². The zero-order valence-corrected chi connectivity index (χ0v) is 7.81. The summed E-state index contributed by atoms with van der Waals surface area (Å²) >= 11 is 0. The number of hydrogen-bond acceptors (Lipinski definition) is 3. The number of rotatable bonds is 2. The van der Waals surface area contributed by atoms with Crippen molar-refractivity contribution in [3.8, 4) is 5.75 Å². The molecule has 0 saturated heterocycles. The third-order valence-corrected chi connectivity index (χ3v) is 1.88. The van der Waals surface area contributed by atoms with E-state index in [-0.39, 0.29) is 5.75 Å². The van der Waals surface area contributed by atoms with Gasteiger partial charge in [-0.1, -0.05) is 0 Å². The SMILES string of the molecule is Oc1ccc(Nc2ccnc(F)c2)cc1. The summed E-state index contributed by atoms with van der Waals surface area (Å²) in [6.45, 7) is 0. The van der Waals surface area contributed by atoms with E-state index in [1.165, 1.54) is 12.3 Å². The number of nitrogens with one attached hydrogen (secondary N) is 1. The quantitative estimate of drug-likeness (QED) is 0.584. The van der Waals surface area contributed by atoms with Crippen molar-refractivity contribution in [3.05, 3.63) is 48.5 Å². The topological polar surface area (TPSA) is 45.1 Å². The Morgan fingerprint density at radius 2 is 1.80 bits per heavy atom. The number of aromatic hydroxyl groups is 1. The summed E-state index contributed by atoms with van der Waals surface area (Å²) in [6, 6.07) is 9.48. The number of pyridine rings is 1. The maximum atomic E-state index is 12.7. The van der Waals surface area contributed by atoms with Gasteiger partial charge in [0.25, 0.3) is 0 Å². The van der Waals surface area contributed by atoms with E-state index in [1.807, 2.05) is 0 Å². The number of halogens is 1. The van der Waals surface area contributed by atoms with Crippen LogP contribution in [0.3, 0.4) is 0 Å². The van der Waals surface area contributed by atoms with Gasteiger partial charge >= 0.3 is 0 Å². The van der Waals surface area contributed by atoms with Crippen LogP contribution in [0.2, 0.25) is 0 Å². The van der Waals surface area contributed by atoms with Crippen LogP contribution in [-0.2, 0) is 0 Å². The highest BCUT2D eigenvalue weighted by Gasteiger charge is 1.96. The van der Waals surface area contributed by atoms with Gasteiger partial charge in [0.2, 0.25) is 5.95 Å². The Labute approximate surface area is 86.2 Å². The van der Waals surface area contributed by atoms with Crippen LogP contribution in [0, 0.1) is 5.95 Å². The van der Waals surface area contributed by atoms with Crippen LogP contribution in [0.15, 0.2) is 42.6 Å². The summed E-state index contributed by atoms with van der Waals surface area (Å²) < 4.78 is 12.7. The molecule has 0 saturated carbocycles. The summed E-state index contributed by atoms with van der Waals surface area (Å²) in [7, 11) is 0. The lowest BCUT2D eigenvalue weighted by atomic mass is 10.3. The molecule has 0 atom stereocenters. The molecule has 76 valence electrons. The first-order chi connectivity index (χ1) is 7.24. The predicted octanol–water partition coefficient (Wildman–Crippen LogP) is 2.67. The van der Waals surface area contributed by atoms with Crippen molar-refractivity contribution in [3.63, 3.8) is 0 Å². The highest BCUT2D eigenvalue weighted by Crippen LogP contribution is 2.18. The molecule has 1 aromatic carbocycles. The van der Waals surface area contributed by atoms with E-state index in [2.05, 4.69) is 10.3 Å². The molecule has 0 radical (unpaired) electrons. The maximum Gasteiger partial charge on any atom is 0.214 e. The normalized spacial score (nSPS) is 9.93. The zero-order valence-electron chi connectivity index (χ0n) is 7.81. The number of aromatic nitrogens is 1. The van der Waals surface area contributed by atoms with Gasteiger partial charge < -0.3 is 10.4 Å². The predicted molar refractivity (Wildman–Crippen MR) is 55.6 cm³/mol. The first-order valence-electron chi connectivity index (χ1n) is 4.42. The Balaban J connectivity index is 2.18. The molecule has 0 aliphatic carbocycles. The van der Waals surface area contributed by atoms with Crippen LogP contribution in [0.5, 0.6) is 5.75 Å². The number of benzene rings is 1. The van der Waals surface area contributed by atoms with E-state index in [0.29, 0.717) is 5.69 Å². The van der Waals surface area contributed by atoms with Gasteiger partial charge in [-0.25, -0.2) is 4.98 Å². The number of nitrogens with zero attached hydrogens (tertiary/aromatic N) is 1. The molecule has 0 unspecified atom stereocenters. The first-order valence-corrected chi connectivity index (χ1v) is 4.42. The molecule has 0 amide bonds. The molecule has 0 aliphatic heterocycles. The van der Waals surface area contributed by atoms with Crippen molar-refractivity contribution in [2.45, 2.75) is 0 Å². The van der Waals surface area contributed by atoms with Crippen molar-refractivity contribution < 1.29 is 9.50 Å². The molecular formula is C11H9FN2O. The minimum Gasteiger partial charge on any atom is -0.508 e. The van der Waals surface area contributed by atoms with Crippen molar-refractivity contribution >= 4 is 11.4 Å². The second-order valence-corrected chi connectivity index (χ2v) is 3.04. The van der Waals surface area contributed by atoms with Crippen molar-refractivity contribution in [1.29, 1.82) is 0 Å². The number of phenolic OH excluding ortho intramolecular Hbond substituents is 1. The Bertz CT molecular complexity index is 456. The standard InChI is InChI=1S/C11H9FN2O/c12-11-7-9(5-6-13-11)14-8-1-3-10(15)4-2-8/h1-7,15H,(H,13,14). The van der Waals surface area contributed by atoms with Crippen molar-refractivity contribution in [2.24, 2.45) is 0 Å². The van der Waals surface area contributed by atoms with Gasteiger partial charge in [0.15, 0.2) is 0 Å². The highest BCUT2D eigenvalue weighted by molar-refractivity contribution is 5.59. The lowest BCUT2D eigenvalue weighted by Gasteiger charge is -2.05. The molecular weight excluding hydrogens is 195 g/mol. The lowest BCUT2D eigenvalue weighted by molar-refractivity contribution is 0.475. The summed E-state index contributed by atoms with van der Waals surface area (Å²) in [6.07, 6.45) is 1.39. The van der Waals surface area contributed by atoms with E-state index in [9.17, 15) is 4.39 Å². The van der Waals surface area contributed by atoms with Gasteiger partial charge in [-0.15, -0.1) is 0 Å². The molecule has 2 aromatic rings. The number of hydrogen-bond donors (Lipinski definition) is 2. The Hall–Kier alpha value is -2.10. The van der Waals surface area contributed by atoms with Gasteiger partial charge in [0, 0.05) is 23.6 Å². The number of phenols is 1. The van der Waals surface area contributed by atoms with E-state index in [1.54, 1.807) is 30.3 Å². The second kappa shape index (κ2) is 3.96. The fraction of sp³-hybridized carbons (Fsp3) is 0. The van der Waals surface area contributed by atoms with Gasteiger partial charge in [0.05, 0.1) is 0 Å². The smallest absolute Gasteiger partial charge is 0.214 e. The average molecular weight is 204 g/mol. The molecule has 3 nitrogen and oxygen atoms in total. The second-order valence-electron chi connectivity index (χ2n) is 3.04. The van der Waals surface area contributed by atoms with Gasteiger partial charge in [-0.05, 0) is 30.3 Å². The molecule has 0 fully saturated rings. The summed E-state index contributed by atoms with van der Waals surface area (Å²) in [4.78, 5) is 3.45. The monoisotopic (exact) mass is 204 g/mol. The first kappa shape index (κ1) is 9.45. The maximum absolute atomic E-state index is 12.7. The fourth-order valence-corrected chi connectivity index (χ4v) is 1.19. The fourth-order valence-electron chi connectivity index (χ4n) is 1.19. The number of anilines is 2. The minimum absolute atomic E-state index is 0.196. The van der Waals surface area contributed by atoms with Crippen molar-refractivity contribution in [1.82, 2.24) is 4.98 Å². The summed E-state index contributed by atoms with van der Waals surface area (Å²) in [5.41, 5.74) is 1.39. The van der Waals surface area contributed by atoms with Crippen LogP contribution in [0.25, 0.3) is 0 Å². The molecule has 0 bridgehead atoms. The molecule has 2 rings (SSSR count). The van der Waals surface area contributed by atoms with Crippen LogP contribution in [-0.4, -0.2) is 10.1 Å². The van der Waals surface area contributed by atoms with Crippen LogP contribution in [0.4, 0.5) is 15.8 Å². The highest BCUT2D eigenvalue weighted by atomic mass is 19.1. The average Bonchev–Trinajstić information content (AvgIpc) is 2.22. The molecule has 2 N–H and O–H groups in total. The van der Waals surface area contributed by atoms with E-state index >= 15 is 0 Å². The Morgan fingerprint density at radius 3 is 2.47 bits per heavy atom. The van der Waals surface area contributed by atoms with Gasteiger partial charge in [-0.3, -0.25) is 0 Å². The molecule has 0 spiro atoms. The Morgan fingerprint density at radius 1 is 1.07 bits per heavy atom. The summed E-state index contributed by atoms with van der Waals surface area (Å²) in [5, 5.41) is 12.0.